The van der Waals surface area contributed by atoms with Crippen molar-refractivity contribution in [1.29, 1.82) is 0 Å². The number of benzene rings is 2. The summed E-state index contributed by atoms with van der Waals surface area (Å²) in [4.78, 5) is 49.3. The zero-order valence-electron chi connectivity index (χ0n) is 19.4. The average molecular weight is 497 g/mol. The molecule has 3 aromatic rings. The largest absolute Gasteiger partial charge is 0.465 e. The normalized spacial score (nSPS) is 10.3. The van der Waals surface area contributed by atoms with Gasteiger partial charge in [0, 0.05) is 10.4 Å². The molecule has 0 radical (unpaired) electrons. The summed E-state index contributed by atoms with van der Waals surface area (Å²) in [5.41, 5.74) is 1.30. The van der Waals surface area contributed by atoms with Crippen molar-refractivity contribution in [3.63, 3.8) is 0 Å². The molecule has 0 saturated heterocycles. The summed E-state index contributed by atoms with van der Waals surface area (Å²) >= 11 is 1.22. The topological polar surface area (TPSA) is 120 Å². The van der Waals surface area contributed by atoms with Gasteiger partial charge in [0.05, 0.1) is 12.7 Å². The van der Waals surface area contributed by atoms with Gasteiger partial charge in [0.25, 0.3) is 11.8 Å². The van der Waals surface area contributed by atoms with Crippen molar-refractivity contribution in [2.75, 3.05) is 25.6 Å². The Labute approximate surface area is 206 Å². The van der Waals surface area contributed by atoms with E-state index in [4.69, 9.17) is 14.2 Å². The maximum Gasteiger partial charge on any atom is 0.341 e. The predicted molar refractivity (Wildman–Crippen MR) is 130 cm³/mol. The van der Waals surface area contributed by atoms with Gasteiger partial charge in [-0.25, -0.2) is 4.79 Å². The fourth-order valence-corrected chi connectivity index (χ4v) is 4.04. The van der Waals surface area contributed by atoms with E-state index >= 15 is 0 Å². The van der Waals surface area contributed by atoms with E-state index in [0.29, 0.717) is 27.6 Å². The highest BCUT2D eigenvalue weighted by molar-refractivity contribution is 7.16. The smallest absolute Gasteiger partial charge is 0.341 e. The Morgan fingerprint density at radius 3 is 2.23 bits per heavy atom. The van der Waals surface area contributed by atoms with Gasteiger partial charge in [-0.2, -0.15) is 0 Å². The number of carbonyl (C=O) groups excluding carboxylic acids is 4. The lowest BCUT2D eigenvalue weighted by molar-refractivity contribution is -0.146. The number of hydrogen-bond acceptors (Lipinski definition) is 8. The van der Waals surface area contributed by atoms with Gasteiger partial charge in [-0.1, -0.05) is 18.2 Å². The molecule has 0 atom stereocenters. The van der Waals surface area contributed by atoms with Gasteiger partial charge in [0.1, 0.15) is 23.0 Å². The molecular formula is C25H24N2O7S. The molecule has 0 aliphatic rings. The Morgan fingerprint density at radius 2 is 1.57 bits per heavy atom. The van der Waals surface area contributed by atoms with Crippen LogP contribution >= 0.6 is 11.3 Å². The quantitative estimate of drug-likeness (QED) is 0.432. The van der Waals surface area contributed by atoms with E-state index in [1.54, 1.807) is 31.2 Å². The van der Waals surface area contributed by atoms with E-state index < -0.39 is 36.9 Å². The minimum absolute atomic E-state index is 0.266. The van der Waals surface area contributed by atoms with Crippen LogP contribution in [0, 0.1) is 13.8 Å². The first-order chi connectivity index (χ1) is 16.8. The molecule has 2 aromatic carbocycles. The zero-order chi connectivity index (χ0) is 25.4. The Hall–Kier alpha value is -4.18. The number of hydrogen-bond donors (Lipinski definition) is 2. The van der Waals surface area contributed by atoms with E-state index in [2.05, 4.69) is 10.6 Å². The van der Waals surface area contributed by atoms with Crippen molar-refractivity contribution in [1.82, 2.24) is 5.32 Å². The fourth-order valence-electron chi connectivity index (χ4n) is 2.98. The molecule has 0 spiro atoms. The molecule has 9 nitrogen and oxygen atoms in total. The van der Waals surface area contributed by atoms with Gasteiger partial charge >= 0.3 is 11.9 Å². The molecule has 0 fully saturated rings. The molecule has 0 saturated carbocycles. The number of nitrogens with one attached hydrogen (secondary N) is 2. The summed E-state index contributed by atoms with van der Waals surface area (Å²) in [6.07, 6.45) is 0. The second kappa shape index (κ2) is 11.8. The molecule has 3 rings (SSSR count). The third-order valence-corrected chi connectivity index (χ3v) is 6.00. The van der Waals surface area contributed by atoms with Gasteiger partial charge in [-0.05, 0) is 55.8 Å². The standard InChI is InChI=1S/C25H24N2O7S/c1-15-16(2)35-24(22(15)25(31)32-3)27-20(28)14-33-21(29)13-26-23(30)17-9-11-19(12-10-17)34-18-7-5-4-6-8-18/h4-12H,13-14H2,1-3H3,(H,26,30)(H,27,28). The molecule has 1 aromatic heterocycles. The number of rotatable bonds is 9. The van der Waals surface area contributed by atoms with Crippen LogP contribution in [0.4, 0.5) is 5.00 Å². The second-order valence-corrected chi connectivity index (χ2v) is 8.53. The Morgan fingerprint density at radius 1 is 0.914 bits per heavy atom. The van der Waals surface area contributed by atoms with Crippen LogP contribution in [0.5, 0.6) is 11.5 Å². The monoisotopic (exact) mass is 496 g/mol. The predicted octanol–water partition coefficient (Wildman–Crippen LogP) is 3.86. The first kappa shape index (κ1) is 25.4. The molecule has 1 heterocycles. The molecule has 2 N–H and O–H groups in total. The van der Waals surface area contributed by atoms with Gasteiger partial charge in [0.15, 0.2) is 6.61 Å². The van der Waals surface area contributed by atoms with Crippen molar-refractivity contribution in [2.45, 2.75) is 13.8 Å². The summed E-state index contributed by atoms with van der Waals surface area (Å²) in [6.45, 7) is 2.57. The molecular weight excluding hydrogens is 472 g/mol. The molecule has 0 aliphatic carbocycles. The van der Waals surface area contributed by atoms with Crippen molar-refractivity contribution >= 4 is 40.1 Å². The molecule has 182 valence electrons. The van der Waals surface area contributed by atoms with Crippen LogP contribution in [-0.4, -0.2) is 44.0 Å². The van der Waals surface area contributed by atoms with Crippen LogP contribution in [0.2, 0.25) is 0 Å². The first-order valence-electron chi connectivity index (χ1n) is 10.5. The van der Waals surface area contributed by atoms with Crippen molar-refractivity contribution in [3.8, 4) is 11.5 Å². The van der Waals surface area contributed by atoms with Gasteiger partial charge in [0.2, 0.25) is 0 Å². The highest BCUT2D eigenvalue weighted by atomic mass is 32.1. The van der Waals surface area contributed by atoms with Gasteiger partial charge in [-0.3, -0.25) is 14.4 Å². The third-order valence-electron chi connectivity index (χ3n) is 4.88. The summed E-state index contributed by atoms with van der Waals surface area (Å²) < 4.78 is 15.3. The zero-order valence-corrected chi connectivity index (χ0v) is 20.2. The number of thiophene rings is 1. The molecule has 0 unspecified atom stereocenters. The number of amides is 2. The minimum Gasteiger partial charge on any atom is -0.465 e. The number of methoxy groups -OCH3 is 1. The van der Waals surface area contributed by atoms with Crippen LogP contribution in [0.1, 0.15) is 31.2 Å². The second-order valence-electron chi connectivity index (χ2n) is 7.31. The third kappa shape index (κ3) is 6.90. The highest BCUT2D eigenvalue weighted by Crippen LogP contribution is 2.32. The lowest BCUT2D eigenvalue weighted by atomic mass is 10.1. The van der Waals surface area contributed by atoms with E-state index in [0.717, 1.165) is 4.88 Å². The maximum absolute atomic E-state index is 12.3. The molecule has 2 amide bonds. The fraction of sp³-hybridized carbons (Fsp3) is 0.200. The SMILES string of the molecule is COC(=O)c1c(NC(=O)COC(=O)CNC(=O)c2ccc(Oc3ccccc3)cc2)sc(C)c1C. The number of anilines is 1. The minimum atomic E-state index is -0.788. The number of para-hydroxylation sites is 1. The summed E-state index contributed by atoms with van der Waals surface area (Å²) in [5, 5.41) is 5.32. The van der Waals surface area contributed by atoms with Crippen molar-refractivity contribution in [2.24, 2.45) is 0 Å². The van der Waals surface area contributed by atoms with Crippen LogP contribution in [0.25, 0.3) is 0 Å². The lowest BCUT2D eigenvalue weighted by Gasteiger charge is -2.09. The Kier molecular flexibility index (Phi) is 8.58. The lowest BCUT2D eigenvalue weighted by Crippen LogP contribution is -2.32. The Balaban J connectivity index is 1.45. The van der Waals surface area contributed by atoms with E-state index in [-0.39, 0.29) is 5.56 Å². The van der Waals surface area contributed by atoms with Gasteiger partial charge in [-0.15, -0.1) is 11.3 Å². The van der Waals surface area contributed by atoms with Crippen LogP contribution in [0.15, 0.2) is 54.6 Å². The molecule has 0 aliphatic heterocycles. The summed E-state index contributed by atoms with van der Waals surface area (Å²) in [7, 11) is 1.25. The summed E-state index contributed by atoms with van der Waals surface area (Å²) in [5.74, 6) is -1.23. The molecule has 35 heavy (non-hydrogen) atoms. The Bertz CT molecular complexity index is 1220. The van der Waals surface area contributed by atoms with Crippen LogP contribution in [0.3, 0.4) is 0 Å². The van der Waals surface area contributed by atoms with E-state index in [1.165, 1.54) is 18.4 Å². The van der Waals surface area contributed by atoms with E-state index in [1.807, 2.05) is 37.3 Å². The van der Waals surface area contributed by atoms with E-state index in [9.17, 15) is 19.2 Å². The van der Waals surface area contributed by atoms with Crippen molar-refractivity contribution < 1.29 is 33.4 Å². The molecule has 10 heteroatoms. The number of carbonyl (C=O) groups is 4. The van der Waals surface area contributed by atoms with Gasteiger partial charge < -0.3 is 24.8 Å². The first-order valence-corrected chi connectivity index (χ1v) is 11.3. The van der Waals surface area contributed by atoms with Crippen molar-refractivity contribution in [3.05, 3.63) is 76.2 Å². The maximum atomic E-state index is 12.3. The van der Waals surface area contributed by atoms with Crippen LogP contribution < -0.4 is 15.4 Å². The molecule has 0 bridgehead atoms. The number of aryl methyl sites for hydroxylation is 1. The number of esters is 2. The average Bonchev–Trinajstić information content (AvgIpc) is 3.14. The van der Waals surface area contributed by atoms with Crippen LogP contribution in [-0.2, 0) is 19.1 Å². The highest BCUT2D eigenvalue weighted by Gasteiger charge is 2.22. The summed E-state index contributed by atoms with van der Waals surface area (Å²) in [6, 6.07) is 15.6. The number of ether oxygens (including phenoxy) is 3.